The van der Waals surface area contributed by atoms with E-state index in [2.05, 4.69) is 10.3 Å². The lowest BCUT2D eigenvalue weighted by atomic mass is 10.2. The highest BCUT2D eigenvalue weighted by Crippen LogP contribution is 2.17. The number of rotatable bonds is 6. The Morgan fingerprint density at radius 1 is 1.08 bits per heavy atom. The standard InChI is InChI=1S/C19H16N2O4S/c1-24-15-9-7-14(8-10-15)20-18(22)16-12-26-17(21-16)11-25-19(23)13-5-3-2-4-6-13/h2-10,12H,11H2,1H3,(H,20,22). The molecule has 3 rings (SSSR count). The first-order valence-electron chi connectivity index (χ1n) is 7.77. The van der Waals surface area contributed by atoms with Crippen LogP contribution < -0.4 is 10.1 Å². The van der Waals surface area contributed by atoms with Gasteiger partial charge >= 0.3 is 5.97 Å². The van der Waals surface area contributed by atoms with Gasteiger partial charge in [0, 0.05) is 11.1 Å². The Hall–Kier alpha value is -3.19. The van der Waals surface area contributed by atoms with E-state index in [1.807, 2.05) is 6.07 Å². The number of carbonyl (C=O) groups is 2. The van der Waals surface area contributed by atoms with Gasteiger partial charge in [0.25, 0.3) is 5.91 Å². The van der Waals surface area contributed by atoms with Crippen molar-refractivity contribution in [3.63, 3.8) is 0 Å². The molecule has 2 aromatic carbocycles. The fraction of sp³-hybridized carbons (Fsp3) is 0.105. The highest BCUT2D eigenvalue weighted by molar-refractivity contribution is 7.09. The first-order valence-corrected chi connectivity index (χ1v) is 8.65. The van der Waals surface area contributed by atoms with Gasteiger partial charge in [-0.1, -0.05) is 18.2 Å². The summed E-state index contributed by atoms with van der Waals surface area (Å²) in [5.74, 6) is -0.0451. The maximum absolute atomic E-state index is 12.2. The molecule has 0 aliphatic carbocycles. The lowest BCUT2D eigenvalue weighted by Gasteiger charge is -2.04. The molecule has 1 aromatic heterocycles. The fourth-order valence-corrected chi connectivity index (χ4v) is 2.82. The quantitative estimate of drug-likeness (QED) is 0.670. The number of amides is 1. The van der Waals surface area contributed by atoms with Crippen molar-refractivity contribution in [2.24, 2.45) is 0 Å². The number of carbonyl (C=O) groups excluding carboxylic acids is 2. The van der Waals surface area contributed by atoms with Crippen LogP contribution in [0.4, 0.5) is 5.69 Å². The van der Waals surface area contributed by atoms with Gasteiger partial charge in [-0.05, 0) is 36.4 Å². The minimum Gasteiger partial charge on any atom is -0.497 e. The van der Waals surface area contributed by atoms with Gasteiger partial charge in [-0.3, -0.25) is 4.79 Å². The van der Waals surface area contributed by atoms with Gasteiger partial charge in [0.1, 0.15) is 23.1 Å². The van der Waals surface area contributed by atoms with Crippen LogP contribution in [0.25, 0.3) is 0 Å². The van der Waals surface area contributed by atoms with E-state index in [1.54, 1.807) is 61.0 Å². The van der Waals surface area contributed by atoms with Gasteiger partial charge in [-0.2, -0.15) is 0 Å². The van der Waals surface area contributed by atoms with E-state index >= 15 is 0 Å². The molecule has 26 heavy (non-hydrogen) atoms. The average molecular weight is 368 g/mol. The van der Waals surface area contributed by atoms with Crippen molar-refractivity contribution in [2.45, 2.75) is 6.61 Å². The molecule has 1 heterocycles. The Kier molecular flexibility index (Phi) is 5.60. The van der Waals surface area contributed by atoms with Crippen molar-refractivity contribution in [3.05, 3.63) is 76.2 Å². The zero-order valence-corrected chi connectivity index (χ0v) is 14.8. The molecule has 0 aliphatic heterocycles. The molecule has 1 N–H and O–H groups in total. The largest absolute Gasteiger partial charge is 0.497 e. The number of thiazole rings is 1. The first kappa shape index (κ1) is 17.6. The minimum atomic E-state index is -0.426. The highest BCUT2D eigenvalue weighted by Gasteiger charge is 2.13. The lowest BCUT2D eigenvalue weighted by molar-refractivity contribution is 0.0472. The predicted octanol–water partition coefficient (Wildman–Crippen LogP) is 3.76. The Morgan fingerprint density at radius 3 is 2.50 bits per heavy atom. The normalized spacial score (nSPS) is 10.2. The molecular formula is C19H16N2O4S. The minimum absolute atomic E-state index is 0.0220. The molecule has 7 heteroatoms. The molecule has 0 unspecified atom stereocenters. The first-order chi connectivity index (χ1) is 12.7. The number of hydrogen-bond acceptors (Lipinski definition) is 6. The molecular weight excluding hydrogens is 352 g/mol. The molecule has 1 amide bonds. The number of hydrogen-bond donors (Lipinski definition) is 1. The Morgan fingerprint density at radius 2 is 1.81 bits per heavy atom. The summed E-state index contributed by atoms with van der Waals surface area (Å²) in [5.41, 5.74) is 1.39. The fourth-order valence-electron chi connectivity index (χ4n) is 2.14. The molecule has 6 nitrogen and oxygen atoms in total. The third-order valence-electron chi connectivity index (χ3n) is 3.47. The second kappa shape index (κ2) is 8.26. The molecule has 0 spiro atoms. The third kappa shape index (κ3) is 4.46. The third-order valence-corrected chi connectivity index (χ3v) is 4.29. The van der Waals surface area contributed by atoms with Crippen LogP contribution in [-0.2, 0) is 11.3 Å². The SMILES string of the molecule is COc1ccc(NC(=O)c2csc(COC(=O)c3ccccc3)n2)cc1. The maximum Gasteiger partial charge on any atom is 0.338 e. The maximum atomic E-state index is 12.2. The smallest absolute Gasteiger partial charge is 0.338 e. The number of methoxy groups -OCH3 is 1. The van der Waals surface area contributed by atoms with Crippen molar-refractivity contribution in [1.82, 2.24) is 4.98 Å². The summed E-state index contributed by atoms with van der Waals surface area (Å²) in [4.78, 5) is 28.4. The predicted molar refractivity (Wildman–Crippen MR) is 98.6 cm³/mol. The topological polar surface area (TPSA) is 77.5 Å². The molecule has 0 atom stereocenters. The molecule has 3 aromatic rings. The van der Waals surface area contributed by atoms with Crippen molar-refractivity contribution in [3.8, 4) is 5.75 Å². The van der Waals surface area contributed by atoms with Crippen LogP contribution in [0.2, 0.25) is 0 Å². The summed E-state index contributed by atoms with van der Waals surface area (Å²) in [6, 6.07) is 15.7. The Balaban J connectivity index is 1.56. The van der Waals surface area contributed by atoms with Gasteiger partial charge in [0.2, 0.25) is 0 Å². The number of esters is 1. The number of anilines is 1. The van der Waals surface area contributed by atoms with Gasteiger partial charge in [0.05, 0.1) is 12.7 Å². The number of aromatic nitrogens is 1. The summed E-state index contributed by atoms with van der Waals surface area (Å²) in [6.45, 7) is 0.0220. The van der Waals surface area contributed by atoms with Crippen LogP contribution in [0.15, 0.2) is 60.0 Å². The Labute approximate surface area is 154 Å². The summed E-state index contributed by atoms with van der Waals surface area (Å²) in [5, 5.41) is 4.94. The van der Waals surface area contributed by atoms with E-state index in [0.29, 0.717) is 22.0 Å². The van der Waals surface area contributed by atoms with Crippen molar-refractivity contribution in [2.75, 3.05) is 12.4 Å². The molecule has 0 fully saturated rings. The van der Waals surface area contributed by atoms with Crippen LogP contribution in [0.1, 0.15) is 25.9 Å². The lowest BCUT2D eigenvalue weighted by Crippen LogP contribution is -2.12. The second-order valence-corrected chi connectivity index (χ2v) is 6.19. The van der Waals surface area contributed by atoms with Gasteiger partial charge in [-0.15, -0.1) is 11.3 Å². The molecule has 132 valence electrons. The van der Waals surface area contributed by atoms with Crippen molar-refractivity contribution < 1.29 is 19.1 Å². The van der Waals surface area contributed by atoms with Gasteiger partial charge < -0.3 is 14.8 Å². The number of ether oxygens (including phenoxy) is 2. The molecule has 0 saturated carbocycles. The van der Waals surface area contributed by atoms with Crippen LogP contribution in [0.5, 0.6) is 5.75 Å². The van der Waals surface area contributed by atoms with E-state index in [4.69, 9.17) is 9.47 Å². The highest BCUT2D eigenvalue weighted by atomic mass is 32.1. The molecule has 0 radical (unpaired) electrons. The number of benzene rings is 2. The van der Waals surface area contributed by atoms with E-state index in [-0.39, 0.29) is 18.2 Å². The van der Waals surface area contributed by atoms with E-state index in [1.165, 1.54) is 11.3 Å². The van der Waals surface area contributed by atoms with E-state index in [9.17, 15) is 9.59 Å². The second-order valence-electron chi connectivity index (χ2n) is 5.25. The van der Waals surface area contributed by atoms with Gasteiger partial charge in [-0.25, -0.2) is 9.78 Å². The summed E-state index contributed by atoms with van der Waals surface area (Å²) >= 11 is 1.26. The molecule has 0 saturated heterocycles. The molecule has 0 aliphatic rings. The monoisotopic (exact) mass is 368 g/mol. The zero-order chi connectivity index (χ0) is 18.4. The zero-order valence-electron chi connectivity index (χ0n) is 14.0. The number of nitrogens with one attached hydrogen (secondary N) is 1. The summed E-state index contributed by atoms with van der Waals surface area (Å²) < 4.78 is 10.3. The Bertz CT molecular complexity index is 891. The van der Waals surface area contributed by atoms with Crippen molar-refractivity contribution in [1.29, 1.82) is 0 Å². The average Bonchev–Trinajstić information content (AvgIpc) is 3.16. The van der Waals surface area contributed by atoms with Gasteiger partial charge in [0.15, 0.2) is 0 Å². The van der Waals surface area contributed by atoms with Crippen LogP contribution in [0.3, 0.4) is 0 Å². The number of nitrogens with zero attached hydrogens (tertiary/aromatic N) is 1. The van der Waals surface area contributed by atoms with Crippen LogP contribution in [0, 0.1) is 0 Å². The van der Waals surface area contributed by atoms with Crippen LogP contribution >= 0.6 is 11.3 Å². The van der Waals surface area contributed by atoms with E-state index < -0.39 is 5.97 Å². The van der Waals surface area contributed by atoms with Crippen molar-refractivity contribution >= 4 is 28.9 Å². The van der Waals surface area contributed by atoms with E-state index in [0.717, 1.165) is 0 Å². The van der Waals surface area contributed by atoms with Crippen LogP contribution in [-0.4, -0.2) is 24.0 Å². The summed E-state index contributed by atoms with van der Waals surface area (Å²) in [6.07, 6.45) is 0. The molecule has 0 bridgehead atoms. The summed E-state index contributed by atoms with van der Waals surface area (Å²) in [7, 11) is 1.58.